The molecule has 18 heavy (non-hydrogen) atoms. The van der Waals surface area contributed by atoms with E-state index in [4.69, 9.17) is 23.2 Å². The molecule has 5 heteroatoms. The molecule has 0 aliphatic heterocycles. The summed E-state index contributed by atoms with van der Waals surface area (Å²) in [6.45, 7) is 0.520. The maximum absolute atomic E-state index is 13.4. The van der Waals surface area contributed by atoms with E-state index in [9.17, 15) is 9.18 Å². The Kier molecular flexibility index (Phi) is 7.06. The first kappa shape index (κ1) is 15.3. The zero-order valence-electron chi connectivity index (χ0n) is 10.0. The van der Waals surface area contributed by atoms with Crippen LogP contribution in [0.1, 0.15) is 36.0 Å². The van der Waals surface area contributed by atoms with Crippen LogP contribution in [0.25, 0.3) is 0 Å². The molecule has 0 spiro atoms. The van der Waals surface area contributed by atoms with Crippen molar-refractivity contribution in [2.24, 2.45) is 0 Å². The second-order valence-electron chi connectivity index (χ2n) is 3.96. The highest BCUT2D eigenvalue weighted by atomic mass is 35.5. The zero-order chi connectivity index (χ0) is 13.4. The SMILES string of the molecule is O=C(NCCCCCCCl)c1c(F)cccc1Cl. The molecule has 0 aliphatic rings. The molecule has 0 atom stereocenters. The number of benzene rings is 1. The van der Waals surface area contributed by atoms with Crippen LogP contribution in [0.2, 0.25) is 5.02 Å². The van der Waals surface area contributed by atoms with Gasteiger partial charge in [0.2, 0.25) is 0 Å². The highest BCUT2D eigenvalue weighted by Crippen LogP contribution is 2.18. The highest BCUT2D eigenvalue weighted by Gasteiger charge is 2.14. The molecule has 0 saturated heterocycles. The van der Waals surface area contributed by atoms with Crippen LogP contribution in [-0.2, 0) is 0 Å². The van der Waals surface area contributed by atoms with E-state index in [-0.39, 0.29) is 10.6 Å². The van der Waals surface area contributed by atoms with E-state index in [1.807, 2.05) is 0 Å². The van der Waals surface area contributed by atoms with Gasteiger partial charge in [-0.3, -0.25) is 4.79 Å². The molecule has 0 radical (unpaired) electrons. The summed E-state index contributed by atoms with van der Waals surface area (Å²) >= 11 is 11.3. The van der Waals surface area contributed by atoms with Crippen molar-refractivity contribution in [1.29, 1.82) is 0 Å². The molecule has 0 saturated carbocycles. The molecule has 0 unspecified atom stereocenters. The Morgan fingerprint density at radius 1 is 1.22 bits per heavy atom. The first-order valence-corrected chi connectivity index (χ1v) is 6.86. The van der Waals surface area contributed by atoms with Crippen LogP contribution in [0.15, 0.2) is 18.2 Å². The number of carbonyl (C=O) groups excluding carboxylic acids is 1. The fourth-order valence-electron chi connectivity index (χ4n) is 1.58. The van der Waals surface area contributed by atoms with Crippen LogP contribution in [0.3, 0.4) is 0 Å². The van der Waals surface area contributed by atoms with Gasteiger partial charge >= 0.3 is 0 Å². The molecule has 1 amide bonds. The first-order chi connectivity index (χ1) is 8.66. The summed E-state index contributed by atoms with van der Waals surface area (Å²) in [5.74, 6) is -0.394. The Bertz CT molecular complexity index is 378. The minimum atomic E-state index is -0.595. The summed E-state index contributed by atoms with van der Waals surface area (Å²) in [5.41, 5.74) is -0.0834. The smallest absolute Gasteiger partial charge is 0.255 e. The minimum absolute atomic E-state index is 0.0834. The molecule has 2 nitrogen and oxygen atoms in total. The number of nitrogens with one attached hydrogen (secondary N) is 1. The van der Waals surface area contributed by atoms with Crippen molar-refractivity contribution in [2.75, 3.05) is 12.4 Å². The summed E-state index contributed by atoms with van der Waals surface area (Å²) in [7, 11) is 0. The van der Waals surface area contributed by atoms with Gasteiger partial charge < -0.3 is 5.32 Å². The van der Waals surface area contributed by atoms with Crippen molar-refractivity contribution in [1.82, 2.24) is 5.32 Å². The fraction of sp³-hybridized carbons (Fsp3) is 0.462. The molecule has 100 valence electrons. The van der Waals surface area contributed by atoms with E-state index >= 15 is 0 Å². The second-order valence-corrected chi connectivity index (χ2v) is 4.74. The summed E-state index contributed by atoms with van der Waals surface area (Å²) < 4.78 is 13.4. The van der Waals surface area contributed by atoms with Crippen LogP contribution in [-0.4, -0.2) is 18.3 Å². The molecule has 0 aliphatic carbocycles. The summed E-state index contributed by atoms with van der Waals surface area (Å²) in [6.07, 6.45) is 3.88. The van der Waals surface area contributed by atoms with Gasteiger partial charge in [-0.1, -0.05) is 30.5 Å². The van der Waals surface area contributed by atoms with E-state index in [1.165, 1.54) is 18.2 Å². The molecule has 1 rings (SSSR count). The largest absolute Gasteiger partial charge is 0.352 e. The van der Waals surface area contributed by atoms with Gasteiger partial charge in [0.15, 0.2) is 0 Å². The first-order valence-electron chi connectivity index (χ1n) is 5.95. The zero-order valence-corrected chi connectivity index (χ0v) is 11.5. The normalized spacial score (nSPS) is 10.4. The van der Waals surface area contributed by atoms with Crippen molar-refractivity contribution < 1.29 is 9.18 Å². The van der Waals surface area contributed by atoms with Gasteiger partial charge in [-0.25, -0.2) is 4.39 Å². The Balaban J connectivity index is 2.37. The lowest BCUT2D eigenvalue weighted by Crippen LogP contribution is -2.25. The molecule has 0 bridgehead atoms. The maximum atomic E-state index is 13.4. The monoisotopic (exact) mass is 291 g/mol. The Morgan fingerprint density at radius 3 is 2.61 bits per heavy atom. The summed E-state index contributed by atoms with van der Waals surface area (Å²) in [4.78, 5) is 11.7. The molecular weight excluding hydrogens is 276 g/mol. The number of alkyl halides is 1. The van der Waals surface area contributed by atoms with E-state index in [1.54, 1.807) is 0 Å². The number of amides is 1. The number of hydrogen-bond acceptors (Lipinski definition) is 1. The number of halogens is 3. The third kappa shape index (κ3) is 4.83. The predicted octanol–water partition coefficient (Wildman–Crippen LogP) is 4.01. The van der Waals surface area contributed by atoms with Gasteiger partial charge in [0.05, 0.1) is 10.6 Å². The second kappa shape index (κ2) is 8.33. The average molecular weight is 292 g/mol. The molecule has 1 N–H and O–H groups in total. The van der Waals surface area contributed by atoms with Crippen LogP contribution in [0, 0.1) is 5.82 Å². The molecule has 1 aromatic carbocycles. The molecule has 1 aromatic rings. The molecular formula is C13H16Cl2FNO. The van der Waals surface area contributed by atoms with Gasteiger partial charge in [-0.15, -0.1) is 11.6 Å². The van der Waals surface area contributed by atoms with Crippen molar-refractivity contribution >= 4 is 29.1 Å². The Morgan fingerprint density at radius 2 is 1.94 bits per heavy atom. The fourth-order valence-corrected chi connectivity index (χ4v) is 2.02. The lowest BCUT2D eigenvalue weighted by atomic mass is 10.2. The third-order valence-corrected chi connectivity index (χ3v) is 3.12. The van der Waals surface area contributed by atoms with Crippen LogP contribution < -0.4 is 5.32 Å². The van der Waals surface area contributed by atoms with E-state index in [2.05, 4.69) is 5.32 Å². The number of carbonyl (C=O) groups is 1. The van der Waals surface area contributed by atoms with Gasteiger partial charge in [0, 0.05) is 12.4 Å². The van der Waals surface area contributed by atoms with Gasteiger partial charge in [-0.05, 0) is 25.0 Å². The van der Waals surface area contributed by atoms with E-state index in [0.29, 0.717) is 12.4 Å². The number of rotatable bonds is 7. The van der Waals surface area contributed by atoms with Gasteiger partial charge in [0.25, 0.3) is 5.91 Å². The topological polar surface area (TPSA) is 29.1 Å². The molecule has 0 fully saturated rings. The van der Waals surface area contributed by atoms with Crippen LogP contribution in [0.5, 0.6) is 0 Å². The lowest BCUT2D eigenvalue weighted by molar-refractivity contribution is 0.0949. The van der Waals surface area contributed by atoms with E-state index in [0.717, 1.165) is 25.7 Å². The van der Waals surface area contributed by atoms with Crippen molar-refractivity contribution in [3.05, 3.63) is 34.6 Å². The van der Waals surface area contributed by atoms with Crippen LogP contribution in [0.4, 0.5) is 4.39 Å². The standard InChI is InChI=1S/C13H16Cl2FNO/c14-8-3-1-2-4-9-17-13(18)12-10(15)6-5-7-11(12)16/h5-7H,1-4,8-9H2,(H,17,18). The summed E-state index contributed by atoms with van der Waals surface area (Å²) in [5, 5.41) is 2.80. The summed E-state index contributed by atoms with van der Waals surface area (Å²) in [6, 6.07) is 4.20. The minimum Gasteiger partial charge on any atom is -0.352 e. The quantitative estimate of drug-likeness (QED) is 0.597. The molecule has 0 aromatic heterocycles. The van der Waals surface area contributed by atoms with Crippen molar-refractivity contribution in [3.63, 3.8) is 0 Å². The van der Waals surface area contributed by atoms with Crippen LogP contribution >= 0.6 is 23.2 Å². The highest BCUT2D eigenvalue weighted by molar-refractivity contribution is 6.33. The average Bonchev–Trinajstić information content (AvgIpc) is 2.33. The van der Waals surface area contributed by atoms with Crippen molar-refractivity contribution in [2.45, 2.75) is 25.7 Å². The predicted molar refractivity (Wildman–Crippen MR) is 72.9 cm³/mol. The van der Waals surface area contributed by atoms with E-state index < -0.39 is 11.7 Å². The van der Waals surface area contributed by atoms with Gasteiger partial charge in [-0.2, -0.15) is 0 Å². The number of unbranched alkanes of at least 4 members (excludes halogenated alkanes) is 3. The van der Waals surface area contributed by atoms with Crippen molar-refractivity contribution in [3.8, 4) is 0 Å². The van der Waals surface area contributed by atoms with Gasteiger partial charge in [0.1, 0.15) is 5.82 Å². The number of hydrogen-bond donors (Lipinski definition) is 1. The lowest BCUT2D eigenvalue weighted by Gasteiger charge is -2.07. The Hall–Kier alpha value is -0.800. The maximum Gasteiger partial charge on any atom is 0.255 e. The molecule has 0 heterocycles. The Labute approximate surface area is 116 Å². The third-order valence-electron chi connectivity index (χ3n) is 2.54.